The molecule has 0 fully saturated rings. The molecule has 4 rings (SSSR count). The van der Waals surface area contributed by atoms with Crippen LogP contribution in [-0.4, -0.2) is 31.9 Å². The number of rotatable bonds is 8. The van der Waals surface area contributed by atoms with Gasteiger partial charge in [-0.05, 0) is 18.2 Å². The number of aromatic amines is 1. The first-order valence-electron chi connectivity index (χ1n) is 9.94. The van der Waals surface area contributed by atoms with Gasteiger partial charge in [-0.2, -0.15) is 0 Å². The predicted octanol–water partition coefficient (Wildman–Crippen LogP) is 2.06. The highest BCUT2D eigenvalue weighted by atomic mass is 19.1. The van der Waals surface area contributed by atoms with Crippen LogP contribution in [0.3, 0.4) is 0 Å². The normalized spacial score (nSPS) is 12.0. The Morgan fingerprint density at radius 3 is 2.85 bits per heavy atom. The molecule has 1 aromatic carbocycles. The number of carbonyl (C=O) groups excluding carboxylic acids is 1. The molecule has 1 amide bonds. The molecule has 0 aliphatic heterocycles. The predicted molar refractivity (Wildman–Crippen MR) is 119 cm³/mol. The van der Waals surface area contributed by atoms with E-state index < -0.39 is 11.5 Å². The van der Waals surface area contributed by atoms with E-state index in [1.807, 2.05) is 0 Å². The third kappa shape index (κ3) is 5.68. The first-order chi connectivity index (χ1) is 16.5. The number of allylic oxidation sites excluding steroid dienone is 1. The maximum absolute atomic E-state index is 14.0. The average molecular weight is 463 g/mol. The van der Waals surface area contributed by atoms with Crippen molar-refractivity contribution in [2.24, 2.45) is 10.7 Å². The van der Waals surface area contributed by atoms with E-state index in [-0.39, 0.29) is 36.1 Å². The number of nitrogens with one attached hydrogen (secondary N) is 2. The van der Waals surface area contributed by atoms with Gasteiger partial charge in [0.2, 0.25) is 5.91 Å². The van der Waals surface area contributed by atoms with Crippen molar-refractivity contribution >= 4 is 23.1 Å². The maximum Gasteiger partial charge on any atom is 0.357 e. The molecule has 0 saturated carbocycles. The van der Waals surface area contributed by atoms with Crippen LogP contribution in [0.25, 0.3) is 5.70 Å². The largest absolute Gasteiger partial charge is 0.396 e. The molecule has 11 nitrogen and oxygen atoms in total. The van der Waals surface area contributed by atoms with Crippen LogP contribution in [0.15, 0.2) is 79.8 Å². The molecule has 0 unspecified atom stereocenters. The van der Waals surface area contributed by atoms with Gasteiger partial charge in [0.25, 0.3) is 0 Å². The van der Waals surface area contributed by atoms with Gasteiger partial charge in [-0.1, -0.05) is 23.4 Å². The molecule has 0 bridgehead atoms. The lowest BCUT2D eigenvalue weighted by molar-refractivity contribution is -0.115. The van der Waals surface area contributed by atoms with E-state index in [0.29, 0.717) is 22.7 Å². The van der Waals surface area contributed by atoms with Gasteiger partial charge in [0, 0.05) is 23.9 Å². The molecule has 3 aromatic heterocycles. The Bertz CT molecular complexity index is 1410. The van der Waals surface area contributed by atoms with Crippen molar-refractivity contribution in [2.45, 2.75) is 13.0 Å². The summed E-state index contributed by atoms with van der Waals surface area (Å²) < 4.78 is 23.4. The van der Waals surface area contributed by atoms with Crippen LogP contribution < -0.4 is 16.7 Å². The van der Waals surface area contributed by atoms with Gasteiger partial charge in [0.1, 0.15) is 23.6 Å². The highest BCUT2D eigenvalue weighted by molar-refractivity contribution is 6.10. The summed E-state index contributed by atoms with van der Waals surface area (Å²) in [6.45, 7) is 0.0473. The number of hydrogen-bond acceptors (Lipinski definition) is 9. The number of nitrogens with zero attached hydrogens (tertiary/aromatic N) is 4. The Labute approximate surface area is 191 Å². The minimum Gasteiger partial charge on any atom is -0.396 e. The van der Waals surface area contributed by atoms with E-state index in [2.05, 4.69) is 35.1 Å². The summed E-state index contributed by atoms with van der Waals surface area (Å²) in [5.74, 6) is -0.493. The summed E-state index contributed by atoms with van der Waals surface area (Å²) in [4.78, 5) is 36.0. The number of halogens is 1. The molecular weight excluding hydrogens is 445 g/mol. The van der Waals surface area contributed by atoms with Gasteiger partial charge in [-0.3, -0.25) is 9.79 Å². The molecular formula is C22H18FN7O4. The summed E-state index contributed by atoms with van der Waals surface area (Å²) in [6.07, 6.45) is 4.16. The zero-order chi connectivity index (χ0) is 23.9. The van der Waals surface area contributed by atoms with Crippen molar-refractivity contribution in [3.05, 3.63) is 100 Å². The third-order valence-corrected chi connectivity index (χ3v) is 4.48. The lowest BCUT2D eigenvalue weighted by atomic mass is 10.2. The van der Waals surface area contributed by atoms with E-state index in [0.717, 1.165) is 0 Å². The Kier molecular flexibility index (Phi) is 6.68. The van der Waals surface area contributed by atoms with Gasteiger partial charge in [0.15, 0.2) is 5.82 Å². The van der Waals surface area contributed by atoms with Crippen LogP contribution in [-0.2, 0) is 17.8 Å². The second-order valence-electron chi connectivity index (χ2n) is 6.96. The fourth-order valence-corrected chi connectivity index (χ4v) is 2.89. The van der Waals surface area contributed by atoms with Crippen LogP contribution in [0.4, 0.5) is 10.2 Å². The van der Waals surface area contributed by atoms with Crippen molar-refractivity contribution in [3.8, 4) is 0 Å². The molecule has 0 spiro atoms. The summed E-state index contributed by atoms with van der Waals surface area (Å²) >= 11 is 0. The van der Waals surface area contributed by atoms with Crippen LogP contribution >= 0.6 is 0 Å². The van der Waals surface area contributed by atoms with Gasteiger partial charge < -0.3 is 20.1 Å². The molecule has 12 heteroatoms. The van der Waals surface area contributed by atoms with Crippen LogP contribution in [0.1, 0.15) is 22.8 Å². The number of nitrogens with two attached hydrogens (primary N) is 1. The molecule has 0 aliphatic rings. The number of hydrogen-bond donors (Lipinski definition) is 3. The second kappa shape index (κ2) is 10.2. The van der Waals surface area contributed by atoms with Gasteiger partial charge >= 0.3 is 5.63 Å². The van der Waals surface area contributed by atoms with Crippen molar-refractivity contribution in [3.63, 3.8) is 0 Å². The quantitative estimate of drug-likeness (QED) is 0.334. The van der Waals surface area contributed by atoms with Crippen molar-refractivity contribution in [1.82, 2.24) is 20.3 Å². The van der Waals surface area contributed by atoms with Gasteiger partial charge in [0.05, 0.1) is 30.1 Å². The van der Waals surface area contributed by atoms with E-state index in [4.69, 9.17) is 10.3 Å². The molecule has 3 heterocycles. The van der Waals surface area contributed by atoms with Crippen molar-refractivity contribution in [1.29, 1.82) is 0 Å². The smallest absolute Gasteiger partial charge is 0.357 e. The molecule has 0 atom stereocenters. The molecule has 0 aliphatic carbocycles. The summed E-state index contributed by atoms with van der Waals surface area (Å²) in [5.41, 5.74) is 7.17. The fraction of sp³-hybridized carbons (Fsp3) is 0.0909. The zero-order valence-corrected chi connectivity index (χ0v) is 17.6. The lowest BCUT2D eigenvalue weighted by Gasteiger charge is -2.06. The number of aromatic nitrogens is 4. The zero-order valence-electron chi connectivity index (χ0n) is 17.6. The number of benzene rings is 1. The summed E-state index contributed by atoms with van der Waals surface area (Å²) in [6, 6.07) is 10.5. The Balaban J connectivity index is 1.54. The highest BCUT2D eigenvalue weighted by Gasteiger charge is 2.12. The Morgan fingerprint density at radius 1 is 1.26 bits per heavy atom. The fourth-order valence-electron chi connectivity index (χ4n) is 2.89. The average Bonchev–Trinajstić information content (AvgIpc) is 3.49. The molecule has 4 aromatic rings. The first-order valence-corrected chi connectivity index (χ1v) is 9.94. The van der Waals surface area contributed by atoms with E-state index in [1.165, 1.54) is 36.7 Å². The lowest BCUT2D eigenvalue weighted by Crippen LogP contribution is -2.17. The SMILES string of the molecule is NC(=CC(=NCc1ccccc1F)c1ccon1)c1nccc(NC(=O)Cc2cc(=O)o[nH]2)n1. The molecule has 4 N–H and O–H groups in total. The van der Waals surface area contributed by atoms with E-state index in [1.54, 1.807) is 24.3 Å². The van der Waals surface area contributed by atoms with Crippen molar-refractivity contribution in [2.75, 3.05) is 5.32 Å². The van der Waals surface area contributed by atoms with Gasteiger partial charge in [-0.15, -0.1) is 0 Å². The number of aliphatic imine (C=N–C) groups is 1. The maximum atomic E-state index is 14.0. The summed E-state index contributed by atoms with van der Waals surface area (Å²) in [5, 5.41) is 8.81. The number of anilines is 1. The number of carbonyl (C=O) groups is 1. The first kappa shape index (κ1) is 22.3. The van der Waals surface area contributed by atoms with E-state index in [9.17, 15) is 14.0 Å². The Hall–Kier alpha value is -4.87. The minimum atomic E-state index is -0.579. The number of amides is 1. The summed E-state index contributed by atoms with van der Waals surface area (Å²) in [7, 11) is 0. The molecule has 34 heavy (non-hydrogen) atoms. The molecule has 0 saturated heterocycles. The highest BCUT2D eigenvalue weighted by Crippen LogP contribution is 2.13. The standard InChI is InChI=1S/C22H18FN7O4/c23-15-4-2-1-3-13(15)12-26-18(17-6-8-33-30-17)11-16(24)22-25-7-5-19(28-22)27-20(31)9-14-10-21(32)34-29-14/h1-8,10-11,29H,9,12,24H2,(H,25,27,28,31). The monoisotopic (exact) mass is 463 g/mol. The topological polar surface area (TPSA) is 165 Å². The molecule has 0 radical (unpaired) electrons. The number of H-pyrrole nitrogens is 1. The van der Waals surface area contributed by atoms with Crippen molar-refractivity contribution < 1.29 is 18.2 Å². The second-order valence-corrected chi connectivity index (χ2v) is 6.96. The van der Waals surface area contributed by atoms with Gasteiger partial charge in [-0.25, -0.2) is 24.3 Å². The minimum absolute atomic E-state index is 0.0473. The third-order valence-electron chi connectivity index (χ3n) is 4.48. The van der Waals surface area contributed by atoms with Crippen LogP contribution in [0.2, 0.25) is 0 Å². The Morgan fingerprint density at radius 2 is 2.12 bits per heavy atom. The van der Waals surface area contributed by atoms with Crippen LogP contribution in [0, 0.1) is 5.82 Å². The van der Waals surface area contributed by atoms with E-state index >= 15 is 0 Å². The molecule has 172 valence electrons. The van der Waals surface area contributed by atoms with Crippen LogP contribution in [0.5, 0.6) is 0 Å².